The number of sulfone groups is 1. The molecule has 0 aliphatic carbocycles. The molecule has 2 rings (SSSR count). The van der Waals surface area contributed by atoms with Crippen LogP contribution in [-0.2, 0) is 20.4 Å². The number of hydrogen-bond donors (Lipinski definition) is 1. The Hall–Kier alpha value is -2.29. The van der Waals surface area contributed by atoms with Crippen LogP contribution in [0.25, 0.3) is 0 Å². The van der Waals surface area contributed by atoms with Crippen molar-refractivity contribution in [1.82, 2.24) is 15.5 Å². The van der Waals surface area contributed by atoms with Crippen molar-refractivity contribution in [1.29, 1.82) is 0 Å². The van der Waals surface area contributed by atoms with E-state index in [0.29, 0.717) is 0 Å². The summed E-state index contributed by atoms with van der Waals surface area (Å²) in [5.41, 5.74) is 0.0134. The maximum absolute atomic E-state index is 13.6. The summed E-state index contributed by atoms with van der Waals surface area (Å²) in [5, 5.41) is 9.29. The van der Waals surface area contributed by atoms with Crippen molar-refractivity contribution >= 4 is 15.7 Å². The maximum Gasteiger partial charge on any atom is 0.335 e. The molecule has 1 N–H and O–H groups in total. The third-order valence-corrected chi connectivity index (χ3v) is 4.67. The first kappa shape index (κ1) is 18.1. The summed E-state index contributed by atoms with van der Waals surface area (Å²) in [6.07, 6.45) is 0. The molecule has 24 heavy (non-hydrogen) atoms. The highest BCUT2D eigenvalue weighted by atomic mass is 32.2. The van der Waals surface area contributed by atoms with E-state index in [2.05, 4.69) is 15.5 Å². The summed E-state index contributed by atoms with van der Waals surface area (Å²) in [7, 11) is -4.00. The minimum Gasteiger partial charge on any atom is -0.410 e. The van der Waals surface area contributed by atoms with E-state index >= 15 is 0 Å². The van der Waals surface area contributed by atoms with E-state index in [1.807, 2.05) is 13.8 Å². The van der Waals surface area contributed by atoms with Crippen LogP contribution < -0.4 is 5.32 Å². The number of nitrogens with zero attached hydrogens (tertiary/aromatic N) is 2. The number of rotatable bonds is 6. The Morgan fingerprint density at radius 2 is 1.96 bits per heavy atom. The normalized spacial score (nSPS) is 13.0. The standard InChI is InChI=1S/C15H18FN3O4S/c1-9(2)13(17-10(3)20)14-18-19-15(23-14)24(21,22)8-11-6-4-5-7-12(11)16/h4-7,9,13H,8H2,1-3H3,(H,17,20)/t13-/m0/s1. The summed E-state index contributed by atoms with van der Waals surface area (Å²) in [6, 6.07) is 4.96. The minimum absolute atomic E-state index is 0.00712. The van der Waals surface area contributed by atoms with Crippen LogP contribution in [0.15, 0.2) is 33.9 Å². The predicted octanol–water partition coefficient (Wildman–Crippen LogP) is 2.02. The number of halogens is 1. The molecule has 130 valence electrons. The van der Waals surface area contributed by atoms with Crippen molar-refractivity contribution in [3.63, 3.8) is 0 Å². The molecule has 7 nitrogen and oxygen atoms in total. The fraction of sp³-hybridized carbons (Fsp3) is 0.400. The minimum atomic E-state index is -4.00. The molecule has 0 spiro atoms. The van der Waals surface area contributed by atoms with Gasteiger partial charge in [0, 0.05) is 12.5 Å². The number of carbonyl (C=O) groups is 1. The van der Waals surface area contributed by atoms with Gasteiger partial charge in [-0.05, 0) is 12.0 Å². The quantitative estimate of drug-likeness (QED) is 0.850. The largest absolute Gasteiger partial charge is 0.410 e. The number of hydrogen-bond acceptors (Lipinski definition) is 6. The fourth-order valence-electron chi connectivity index (χ4n) is 2.09. The number of aromatic nitrogens is 2. The Labute approximate surface area is 139 Å². The predicted molar refractivity (Wildman–Crippen MR) is 83.0 cm³/mol. The number of carbonyl (C=O) groups excluding carboxylic acids is 1. The van der Waals surface area contributed by atoms with Gasteiger partial charge in [-0.15, -0.1) is 5.10 Å². The van der Waals surface area contributed by atoms with Crippen molar-refractivity contribution in [2.75, 3.05) is 0 Å². The van der Waals surface area contributed by atoms with Crippen LogP contribution in [0.5, 0.6) is 0 Å². The lowest BCUT2D eigenvalue weighted by atomic mass is 10.0. The molecule has 9 heteroatoms. The van der Waals surface area contributed by atoms with Crippen LogP contribution in [0.1, 0.15) is 38.3 Å². The third-order valence-electron chi connectivity index (χ3n) is 3.28. The zero-order valence-electron chi connectivity index (χ0n) is 13.5. The second kappa shape index (κ2) is 7.08. The fourth-order valence-corrected chi connectivity index (χ4v) is 3.23. The van der Waals surface area contributed by atoms with Crippen molar-refractivity contribution in [2.45, 2.75) is 37.8 Å². The van der Waals surface area contributed by atoms with E-state index in [0.717, 1.165) is 0 Å². The molecule has 0 saturated heterocycles. The lowest BCUT2D eigenvalue weighted by Crippen LogP contribution is -2.30. The first-order valence-electron chi connectivity index (χ1n) is 7.27. The Bertz CT molecular complexity index is 833. The van der Waals surface area contributed by atoms with Crippen LogP contribution in [0.4, 0.5) is 4.39 Å². The van der Waals surface area contributed by atoms with E-state index < -0.39 is 32.7 Å². The molecule has 0 radical (unpaired) electrons. The van der Waals surface area contributed by atoms with Gasteiger partial charge in [0.1, 0.15) is 11.9 Å². The highest BCUT2D eigenvalue weighted by Crippen LogP contribution is 2.23. The number of benzene rings is 1. The van der Waals surface area contributed by atoms with Gasteiger partial charge in [0.05, 0.1) is 5.75 Å². The van der Waals surface area contributed by atoms with Crippen molar-refractivity contribution < 1.29 is 22.0 Å². The van der Waals surface area contributed by atoms with Gasteiger partial charge >= 0.3 is 5.22 Å². The molecule has 1 atom stereocenters. The molecule has 1 heterocycles. The lowest BCUT2D eigenvalue weighted by Gasteiger charge is -2.17. The Morgan fingerprint density at radius 3 is 2.54 bits per heavy atom. The van der Waals surface area contributed by atoms with Crippen molar-refractivity contribution in [3.05, 3.63) is 41.5 Å². The van der Waals surface area contributed by atoms with Crippen LogP contribution in [0.3, 0.4) is 0 Å². The molecule has 0 aliphatic rings. The summed E-state index contributed by atoms with van der Waals surface area (Å²) >= 11 is 0. The van der Waals surface area contributed by atoms with Gasteiger partial charge in [-0.3, -0.25) is 4.79 Å². The molecule has 0 saturated carbocycles. The smallest absolute Gasteiger partial charge is 0.335 e. The zero-order chi connectivity index (χ0) is 17.9. The first-order chi connectivity index (χ1) is 11.2. The Balaban J connectivity index is 2.28. The van der Waals surface area contributed by atoms with E-state index in [4.69, 9.17) is 4.42 Å². The molecule has 0 unspecified atom stereocenters. The number of nitrogens with one attached hydrogen (secondary N) is 1. The van der Waals surface area contributed by atoms with Crippen molar-refractivity contribution in [3.8, 4) is 0 Å². The van der Waals surface area contributed by atoms with Crippen LogP contribution in [0.2, 0.25) is 0 Å². The van der Waals surface area contributed by atoms with E-state index in [-0.39, 0.29) is 23.3 Å². The van der Waals surface area contributed by atoms with Crippen LogP contribution in [-0.4, -0.2) is 24.5 Å². The second-order valence-corrected chi connectivity index (χ2v) is 7.55. The van der Waals surface area contributed by atoms with Gasteiger partial charge in [0.15, 0.2) is 0 Å². The summed E-state index contributed by atoms with van der Waals surface area (Å²) in [4.78, 5) is 11.3. The molecule has 0 fully saturated rings. The Kier molecular flexibility index (Phi) is 5.33. The first-order valence-corrected chi connectivity index (χ1v) is 8.92. The summed E-state index contributed by atoms with van der Waals surface area (Å²) < 4.78 is 43.5. The average molecular weight is 355 g/mol. The zero-order valence-corrected chi connectivity index (χ0v) is 14.3. The van der Waals surface area contributed by atoms with Crippen molar-refractivity contribution in [2.24, 2.45) is 5.92 Å². The maximum atomic E-state index is 13.6. The second-order valence-electron chi connectivity index (χ2n) is 5.68. The van der Waals surface area contributed by atoms with Crippen LogP contribution >= 0.6 is 0 Å². The molecule has 1 amide bonds. The van der Waals surface area contributed by atoms with Gasteiger partial charge < -0.3 is 9.73 Å². The molecular formula is C15H18FN3O4S. The molecule has 1 aromatic heterocycles. The van der Waals surface area contributed by atoms with Gasteiger partial charge in [0.2, 0.25) is 21.6 Å². The highest BCUT2D eigenvalue weighted by molar-refractivity contribution is 7.90. The van der Waals surface area contributed by atoms with E-state index in [1.165, 1.54) is 25.1 Å². The van der Waals surface area contributed by atoms with Gasteiger partial charge in [-0.1, -0.05) is 37.1 Å². The molecule has 1 aromatic carbocycles. The van der Waals surface area contributed by atoms with Gasteiger partial charge in [-0.25, -0.2) is 12.8 Å². The Morgan fingerprint density at radius 1 is 1.29 bits per heavy atom. The van der Waals surface area contributed by atoms with E-state index in [1.54, 1.807) is 6.07 Å². The SMILES string of the molecule is CC(=O)N[C@H](c1nnc(S(=O)(=O)Cc2ccccc2F)o1)C(C)C. The highest BCUT2D eigenvalue weighted by Gasteiger charge is 2.28. The van der Waals surface area contributed by atoms with Gasteiger partial charge in [0.25, 0.3) is 0 Å². The average Bonchev–Trinajstić information content (AvgIpc) is 2.97. The molecular weight excluding hydrogens is 337 g/mol. The number of amides is 1. The monoisotopic (exact) mass is 355 g/mol. The lowest BCUT2D eigenvalue weighted by molar-refractivity contribution is -0.120. The third kappa shape index (κ3) is 4.16. The molecule has 0 bridgehead atoms. The van der Waals surface area contributed by atoms with Crippen LogP contribution in [0, 0.1) is 11.7 Å². The molecule has 0 aliphatic heterocycles. The summed E-state index contributed by atoms with van der Waals surface area (Å²) in [6.45, 7) is 4.97. The molecule has 2 aromatic rings. The summed E-state index contributed by atoms with van der Waals surface area (Å²) in [5.74, 6) is -1.61. The van der Waals surface area contributed by atoms with E-state index in [9.17, 15) is 17.6 Å². The van der Waals surface area contributed by atoms with Gasteiger partial charge in [-0.2, -0.15) is 0 Å². The topological polar surface area (TPSA) is 102 Å².